The number of carbonyl (C=O) groups excluding carboxylic acids is 1. The molecule has 5 nitrogen and oxygen atoms in total. The van der Waals surface area contributed by atoms with Gasteiger partial charge in [-0.15, -0.1) is 0 Å². The third-order valence-electron chi connectivity index (χ3n) is 3.60. The first-order valence-electron chi connectivity index (χ1n) is 6.09. The predicted molar refractivity (Wildman–Crippen MR) is 63.6 cm³/mol. The van der Waals surface area contributed by atoms with Gasteiger partial charge in [0, 0.05) is 13.1 Å². The maximum absolute atomic E-state index is 11.9. The molecule has 0 bridgehead atoms. The molecule has 0 N–H and O–H groups in total. The third-order valence-corrected chi connectivity index (χ3v) is 5.21. The van der Waals surface area contributed by atoms with Crippen LogP contribution in [-0.2, 0) is 14.6 Å². The van der Waals surface area contributed by atoms with Gasteiger partial charge in [-0.3, -0.25) is 0 Å². The number of amides is 1. The number of hydrogen-bond acceptors (Lipinski definition) is 4. The SMILES string of the molecule is CC1(OC(=O)N2CCS(=O)(=O)CC2)CCCC1. The van der Waals surface area contributed by atoms with E-state index in [4.69, 9.17) is 4.74 Å². The molecular weight excluding hydrogens is 242 g/mol. The number of rotatable bonds is 1. The molecule has 0 aromatic rings. The third kappa shape index (κ3) is 3.12. The summed E-state index contributed by atoms with van der Waals surface area (Å²) in [5.74, 6) is 0.109. The van der Waals surface area contributed by atoms with Crippen LogP contribution in [-0.4, -0.2) is 49.6 Å². The van der Waals surface area contributed by atoms with E-state index in [9.17, 15) is 13.2 Å². The first kappa shape index (κ1) is 12.7. The maximum atomic E-state index is 11.9. The lowest BCUT2D eigenvalue weighted by atomic mass is 10.1. The quantitative estimate of drug-likeness (QED) is 0.711. The fourth-order valence-corrected chi connectivity index (χ4v) is 3.60. The Kier molecular flexibility index (Phi) is 3.34. The molecule has 1 aliphatic carbocycles. The molecule has 0 aromatic carbocycles. The van der Waals surface area contributed by atoms with Gasteiger partial charge >= 0.3 is 6.09 Å². The summed E-state index contributed by atoms with van der Waals surface area (Å²) < 4.78 is 28.0. The van der Waals surface area contributed by atoms with Crippen molar-refractivity contribution in [2.75, 3.05) is 24.6 Å². The van der Waals surface area contributed by atoms with Crippen molar-refractivity contribution in [2.45, 2.75) is 38.2 Å². The monoisotopic (exact) mass is 261 g/mol. The van der Waals surface area contributed by atoms with E-state index < -0.39 is 9.84 Å². The minimum Gasteiger partial charge on any atom is -0.443 e. The van der Waals surface area contributed by atoms with Gasteiger partial charge in [0.1, 0.15) is 5.60 Å². The molecule has 1 saturated heterocycles. The Morgan fingerprint density at radius 2 is 1.71 bits per heavy atom. The van der Waals surface area contributed by atoms with E-state index in [1.54, 1.807) is 0 Å². The molecule has 17 heavy (non-hydrogen) atoms. The van der Waals surface area contributed by atoms with Gasteiger partial charge in [-0.05, 0) is 32.6 Å². The van der Waals surface area contributed by atoms with Crippen LogP contribution in [0, 0.1) is 0 Å². The minimum absolute atomic E-state index is 0.0544. The second kappa shape index (κ2) is 4.48. The van der Waals surface area contributed by atoms with Crippen molar-refractivity contribution in [3.8, 4) is 0 Å². The zero-order valence-electron chi connectivity index (χ0n) is 10.1. The fourth-order valence-electron chi connectivity index (χ4n) is 2.40. The van der Waals surface area contributed by atoms with E-state index in [1.165, 1.54) is 4.90 Å². The Bertz CT molecular complexity index is 384. The number of hydrogen-bond donors (Lipinski definition) is 0. The molecule has 0 aromatic heterocycles. The van der Waals surface area contributed by atoms with Gasteiger partial charge in [-0.2, -0.15) is 0 Å². The summed E-state index contributed by atoms with van der Waals surface area (Å²) >= 11 is 0. The number of nitrogens with zero attached hydrogens (tertiary/aromatic N) is 1. The van der Waals surface area contributed by atoms with Gasteiger partial charge in [0.25, 0.3) is 0 Å². The van der Waals surface area contributed by atoms with Crippen LogP contribution < -0.4 is 0 Å². The highest BCUT2D eigenvalue weighted by Gasteiger charge is 2.35. The van der Waals surface area contributed by atoms with Crippen molar-refractivity contribution in [1.29, 1.82) is 0 Å². The second-order valence-electron chi connectivity index (χ2n) is 5.16. The first-order chi connectivity index (χ1) is 7.90. The summed E-state index contributed by atoms with van der Waals surface area (Å²) in [5, 5.41) is 0. The van der Waals surface area contributed by atoms with E-state index in [0.717, 1.165) is 25.7 Å². The zero-order chi connectivity index (χ0) is 12.5. The highest BCUT2D eigenvalue weighted by molar-refractivity contribution is 7.91. The molecule has 1 heterocycles. The summed E-state index contributed by atoms with van der Waals surface area (Å²) in [5.41, 5.74) is -0.340. The average molecular weight is 261 g/mol. The fraction of sp³-hybridized carbons (Fsp3) is 0.909. The summed E-state index contributed by atoms with van der Waals surface area (Å²) in [6.07, 6.45) is 3.65. The molecule has 6 heteroatoms. The van der Waals surface area contributed by atoms with Crippen LogP contribution in [0.15, 0.2) is 0 Å². The predicted octanol–water partition coefficient (Wildman–Crippen LogP) is 1.19. The molecule has 98 valence electrons. The highest BCUT2D eigenvalue weighted by Crippen LogP contribution is 2.33. The Hall–Kier alpha value is -0.780. The molecule has 1 saturated carbocycles. The van der Waals surface area contributed by atoms with E-state index in [-0.39, 0.29) is 36.3 Å². The molecule has 1 aliphatic heterocycles. The van der Waals surface area contributed by atoms with Crippen molar-refractivity contribution in [1.82, 2.24) is 4.90 Å². The van der Waals surface area contributed by atoms with Gasteiger partial charge < -0.3 is 9.64 Å². The van der Waals surface area contributed by atoms with E-state index >= 15 is 0 Å². The van der Waals surface area contributed by atoms with E-state index in [2.05, 4.69) is 0 Å². The van der Waals surface area contributed by atoms with Crippen molar-refractivity contribution in [3.05, 3.63) is 0 Å². The Morgan fingerprint density at radius 3 is 2.24 bits per heavy atom. The topological polar surface area (TPSA) is 63.7 Å². The van der Waals surface area contributed by atoms with Gasteiger partial charge in [0.15, 0.2) is 9.84 Å². The lowest BCUT2D eigenvalue weighted by Crippen LogP contribution is -2.46. The zero-order valence-corrected chi connectivity index (χ0v) is 11.0. The number of ether oxygens (including phenoxy) is 1. The van der Waals surface area contributed by atoms with E-state index in [1.807, 2.05) is 6.92 Å². The largest absolute Gasteiger partial charge is 0.443 e. The van der Waals surface area contributed by atoms with Crippen molar-refractivity contribution >= 4 is 15.9 Å². The molecule has 1 amide bonds. The highest BCUT2D eigenvalue weighted by atomic mass is 32.2. The molecule has 0 spiro atoms. The molecule has 0 atom stereocenters. The second-order valence-corrected chi connectivity index (χ2v) is 7.47. The summed E-state index contributed by atoms with van der Waals surface area (Å²) in [6.45, 7) is 2.48. The van der Waals surface area contributed by atoms with Crippen LogP contribution in [0.3, 0.4) is 0 Å². The van der Waals surface area contributed by atoms with Gasteiger partial charge in [0.2, 0.25) is 0 Å². The van der Waals surface area contributed by atoms with Gasteiger partial charge in [-0.1, -0.05) is 0 Å². The Morgan fingerprint density at radius 1 is 1.18 bits per heavy atom. The minimum atomic E-state index is -2.94. The van der Waals surface area contributed by atoms with Crippen LogP contribution in [0.4, 0.5) is 4.79 Å². The van der Waals surface area contributed by atoms with Crippen LogP contribution >= 0.6 is 0 Å². The molecule has 2 rings (SSSR count). The molecule has 2 aliphatic rings. The van der Waals surface area contributed by atoms with Crippen molar-refractivity contribution in [3.63, 3.8) is 0 Å². The molecule has 2 fully saturated rings. The van der Waals surface area contributed by atoms with Crippen molar-refractivity contribution in [2.24, 2.45) is 0 Å². The van der Waals surface area contributed by atoms with Crippen LogP contribution in [0.1, 0.15) is 32.6 Å². The van der Waals surface area contributed by atoms with Crippen LogP contribution in [0.2, 0.25) is 0 Å². The number of sulfone groups is 1. The standard InChI is InChI=1S/C11H19NO4S/c1-11(4-2-3-5-11)16-10(13)12-6-8-17(14,15)9-7-12/h2-9H2,1H3. The lowest BCUT2D eigenvalue weighted by Gasteiger charge is -2.31. The van der Waals surface area contributed by atoms with Gasteiger partial charge in [0.05, 0.1) is 11.5 Å². The summed E-state index contributed by atoms with van der Waals surface area (Å²) in [4.78, 5) is 13.4. The Labute approximate surface area is 102 Å². The van der Waals surface area contributed by atoms with Crippen LogP contribution in [0.25, 0.3) is 0 Å². The molecule has 0 unspecified atom stereocenters. The number of carbonyl (C=O) groups is 1. The van der Waals surface area contributed by atoms with E-state index in [0.29, 0.717) is 0 Å². The normalized spacial score (nSPS) is 26.8. The van der Waals surface area contributed by atoms with Gasteiger partial charge in [-0.25, -0.2) is 13.2 Å². The maximum Gasteiger partial charge on any atom is 0.410 e. The van der Waals surface area contributed by atoms with Crippen LogP contribution in [0.5, 0.6) is 0 Å². The molecular formula is C11H19NO4S. The smallest absolute Gasteiger partial charge is 0.410 e. The summed E-state index contributed by atoms with van der Waals surface area (Å²) in [6, 6.07) is 0. The van der Waals surface area contributed by atoms with Crippen molar-refractivity contribution < 1.29 is 17.9 Å². The first-order valence-corrected chi connectivity index (χ1v) is 7.91. The Balaban J connectivity index is 1.89. The molecule has 0 radical (unpaired) electrons. The average Bonchev–Trinajstić information content (AvgIpc) is 2.64. The summed E-state index contributed by atoms with van der Waals surface area (Å²) in [7, 11) is -2.94. The lowest BCUT2D eigenvalue weighted by molar-refractivity contribution is 0.00782.